The minimum Gasteiger partial charge on any atom is -0.368 e. The van der Waals surface area contributed by atoms with Crippen LogP contribution in [0.1, 0.15) is 38.7 Å². The molecule has 1 fully saturated rings. The van der Waals surface area contributed by atoms with Crippen molar-refractivity contribution in [2.75, 3.05) is 18.0 Å². The van der Waals surface area contributed by atoms with Gasteiger partial charge in [0.05, 0.1) is 0 Å². The normalized spacial score (nSPS) is 15.0. The van der Waals surface area contributed by atoms with Crippen molar-refractivity contribution in [3.05, 3.63) is 29.6 Å². The first-order valence-electron chi connectivity index (χ1n) is 7.36. The molecule has 1 aromatic rings. The Morgan fingerprint density at radius 2 is 2.05 bits per heavy atom. The molecule has 0 atom stereocenters. The zero-order chi connectivity index (χ0) is 13.8. The predicted octanol–water partition coefficient (Wildman–Crippen LogP) is 3.34. The molecule has 0 radical (unpaired) electrons. The first-order valence-corrected chi connectivity index (χ1v) is 7.36. The fourth-order valence-corrected chi connectivity index (χ4v) is 2.42. The predicted molar refractivity (Wildman–Crippen MR) is 79.0 cm³/mol. The Morgan fingerprint density at radius 1 is 1.32 bits per heavy atom. The van der Waals surface area contributed by atoms with Crippen molar-refractivity contribution >= 4 is 5.69 Å². The molecule has 2 nitrogen and oxygen atoms in total. The molecule has 0 unspecified atom stereocenters. The molecule has 0 heterocycles. The van der Waals surface area contributed by atoms with Gasteiger partial charge in [0, 0.05) is 18.3 Å². The van der Waals surface area contributed by atoms with Gasteiger partial charge in [-0.25, -0.2) is 4.39 Å². The summed E-state index contributed by atoms with van der Waals surface area (Å²) in [6, 6.07) is 5.99. The van der Waals surface area contributed by atoms with Crippen LogP contribution in [-0.2, 0) is 6.42 Å². The molecule has 0 bridgehead atoms. The number of nitrogens with zero attached hydrogens (tertiary/aromatic N) is 1. The van der Waals surface area contributed by atoms with Crippen LogP contribution in [0, 0.1) is 11.7 Å². The molecule has 106 valence electrons. The molecule has 19 heavy (non-hydrogen) atoms. The summed E-state index contributed by atoms with van der Waals surface area (Å²) in [5.41, 5.74) is 7.61. The third-order valence-electron chi connectivity index (χ3n) is 3.64. The molecule has 2 rings (SSSR count). The summed E-state index contributed by atoms with van der Waals surface area (Å²) in [5, 5.41) is 0. The molecule has 0 amide bonds. The van der Waals surface area contributed by atoms with E-state index in [0.717, 1.165) is 30.6 Å². The van der Waals surface area contributed by atoms with Gasteiger partial charge in [0.15, 0.2) is 0 Å². The third kappa shape index (κ3) is 4.20. The van der Waals surface area contributed by atoms with Crippen LogP contribution in [0.4, 0.5) is 10.1 Å². The van der Waals surface area contributed by atoms with Gasteiger partial charge in [-0.15, -0.1) is 0 Å². The van der Waals surface area contributed by atoms with Crippen molar-refractivity contribution < 1.29 is 4.39 Å². The van der Waals surface area contributed by atoms with Crippen LogP contribution in [0.5, 0.6) is 0 Å². The lowest BCUT2D eigenvalue weighted by molar-refractivity contribution is 0.569. The third-order valence-corrected chi connectivity index (χ3v) is 3.64. The van der Waals surface area contributed by atoms with E-state index in [1.807, 2.05) is 0 Å². The van der Waals surface area contributed by atoms with Crippen LogP contribution >= 0.6 is 0 Å². The highest BCUT2D eigenvalue weighted by atomic mass is 19.1. The van der Waals surface area contributed by atoms with Gasteiger partial charge in [0.2, 0.25) is 0 Å². The molecule has 1 saturated carbocycles. The highest BCUT2D eigenvalue weighted by Gasteiger charge is 2.29. The van der Waals surface area contributed by atoms with Crippen LogP contribution in [-0.4, -0.2) is 19.1 Å². The van der Waals surface area contributed by atoms with Gasteiger partial charge in [0.1, 0.15) is 5.82 Å². The Kier molecular flexibility index (Phi) is 4.81. The fraction of sp³-hybridized carbons (Fsp3) is 0.625. The van der Waals surface area contributed by atoms with Crippen molar-refractivity contribution in [1.29, 1.82) is 0 Å². The summed E-state index contributed by atoms with van der Waals surface area (Å²) >= 11 is 0. The molecule has 0 saturated heterocycles. The number of rotatable bonds is 7. The number of nitrogens with two attached hydrogens (primary N) is 1. The second kappa shape index (κ2) is 6.38. The molecule has 1 aromatic carbocycles. The van der Waals surface area contributed by atoms with Crippen molar-refractivity contribution in [2.45, 2.75) is 45.6 Å². The van der Waals surface area contributed by atoms with Crippen molar-refractivity contribution in [3.8, 4) is 0 Å². The summed E-state index contributed by atoms with van der Waals surface area (Å²) in [6.07, 6.45) is 4.37. The summed E-state index contributed by atoms with van der Waals surface area (Å²) in [4.78, 5) is 2.38. The van der Waals surface area contributed by atoms with Gasteiger partial charge in [-0.1, -0.05) is 13.8 Å². The lowest BCUT2D eigenvalue weighted by Gasteiger charge is -2.26. The standard InChI is InChI=1S/C16H25FN2/c1-12(2)6-8-19(15-3-4-15)16-10-13(5-7-18)9-14(17)11-16/h9-12,15H,3-8,18H2,1-2H3. The van der Waals surface area contributed by atoms with Gasteiger partial charge in [-0.05, 0) is 61.9 Å². The zero-order valence-corrected chi connectivity index (χ0v) is 12.0. The molecule has 2 N–H and O–H groups in total. The number of hydrogen-bond acceptors (Lipinski definition) is 2. The fourth-order valence-electron chi connectivity index (χ4n) is 2.42. The monoisotopic (exact) mass is 264 g/mol. The summed E-state index contributed by atoms with van der Waals surface area (Å²) in [6.45, 7) is 6.05. The van der Waals surface area contributed by atoms with E-state index in [1.165, 1.54) is 12.8 Å². The molecule has 3 heteroatoms. The van der Waals surface area contributed by atoms with Gasteiger partial charge in [-0.2, -0.15) is 0 Å². The molecule has 1 aliphatic carbocycles. The molecule has 1 aliphatic rings. The zero-order valence-electron chi connectivity index (χ0n) is 12.0. The van der Waals surface area contributed by atoms with Crippen molar-refractivity contribution in [3.63, 3.8) is 0 Å². The Bertz CT molecular complexity index is 413. The minimum atomic E-state index is -0.142. The Labute approximate surface area is 115 Å². The average Bonchev–Trinajstić information content (AvgIpc) is 3.13. The van der Waals surface area contributed by atoms with Crippen LogP contribution in [0.15, 0.2) is 18.2 Å². The van der Waals surface area contributed by atoms with Gasteiger partial charge >= 0.3 is 0 Å². The van der Waals surface area contributed by atoms with E-state index < -0.39 is 0 Å². The molecule has 0 spiro atoms. The van der Waals surface area contributed by atoms with E-state index in [1.54, 1.807) is 12.1 Å². The highest BCUT2D eigenvalue weighted by Crippen LogP contribution is 2.33. The maximum atomic E-state index is 13.7. The molecular formula is C16H25FN2. The average molecular weight is 264 g/mol. The van der Waals surface area contributed by atoms with Crippen LogP contribution in [0.3, 0.4) is 0 Å². The minimum absolute atomic E-state index is 0.142. The lowest BCUT2D eigenvalue weighted by atomic mass is 10.1. The summed E-state index contributed by atoms with van der Waals surface area (Å²) in [5.74, 6) is 0.537. The lowest BCUT2D eigenvalue weighted by Crippen LogP contribution is -2.28. The van der Waals surface area contributed by atoms with E-state index >= 15 is 0 Å². The van der Waals surface area contributed by atoms with E-state index in [4.69, 9.17) is 5.73 Å². The molecular weight excluding hydrogens is 239 g/mol. The topological polar surface area (TPSA) is 29.3 Å². The number of anilines is 1. The quantitative estimate of drug-likeness (QED) is 0.818. The first kappa shape index (κ1) is 14.3. The van der Waals surface area contributed by atoms with Crippen LogP contribution < -0.4 is 10.6 Å². The Morgan fingerprint density at radius 3 is 2.63 bits per heavy atom. The Balaban J connectivity index is 2.15. The van der Waals surface area contributed by atoms with Crippen molar-refractivity contribution in [1.82, 2.24) is 0 Å². The Hall–Kier alpha value is -1.09. The van der Waals surface area contributed by atoms with Crippen LogP contribution in [0.25, 0.3) is 0 Å². The SMILES string of the molecule is CC(C)CCN(c1cc(F)cc(CCN)c1)C1CC1. The van der Waals surface area contributed by atoms with E-state index in [9.17, 15) is 4.39 Å². The van der Waals surface area contributed by atoms with Gasteiger partial charge < -0.3 is 10.6 Å². The highest BCUT2D eigenvalue weighted by molar-refractivity contribution is 5.51. The smallest absolute Gasteiger partial charge is 0.125 e. The van der Waals surface area contributed by atoms with Gasteiger partial charge in [0.25, 0.3) is 0 Å². The van der Waals surface area contributed by atoms with E-state index in [-0.39, 0.29) is 5.82 Å². The van der Waals surface area contributed by atoms with Crippen molar-refractivity contribution in [2.24, 2.45) is 11.7 Å². The summed E-state index contributed by atoms with van der Waals surface area (Å²) in [7, 11) is 0. The summed E-state index contributed by atoms with van der Waals surface area (Å²) < 4.78 is 13.7. The molecule has 0 aromatic heterocycles. The maximum absolute atomic E-state index is 13.7. The van der Waals surface area contributed by atoms with E-state index in [0.29, 0.717) is 18.5 Å². The van der Waals surface area contributed by atoms with Gasteiger partial charge in [-0.3, -0.25) is 0 Å². The van der Waals surface area contributed by atoms with E-state index in [2.05, 4.69) is 24.8 Å². The number of benzene rings is 1. The molecule has 0 aliphatic heterocycles. The number of halogens is 1. The first-order chi connectivity index (χ1) is 9.10. The second-order valence-electron chi connectivity index (χ2n) is 5.96. The van der Waals surface area contributed by atoms with Crippen LogP contribution in [0.2, 0.25) is 0 Å². The second-order valence-corrected chi connectivity index (χ2v) is 5.96. The maximum Gasteiger partial charge on any atom is 0.125 e. The largest absolute Gasteiger partial charge is 0.368 e. The number of hydrogen-bond donors (Lipinski definition) is 1.